The molecule has 1 saturated heterocycles. The van der Waals surface area contributed by atoms with Crippen molar-refractivity contribution in [2.24, 2.45) is 13.0 Å². The first-order valence-corrected chi connectivity index (χ1v) is 12.1. The minimum absolute atomic E-state index is 0.0116. The second-order valence-electron chi connectivity index (χ2n) is 9.95. The van der Waals surface area contributed by atoms with E-state index in [4.69, 9.17) is 0 Å². The van der Waals surface area contributed by atoms with Gasteiger partial charge in [0, 0.05) is 39.0 Å². The van der Waals surface area contributed by atoms with Crippen molar-refractivity contribution in [3.8, 4) is 11.1 Å². The highest BCUT2D eigenvalue weighted by molar-refractivity contribution is 5.82. The molecule has 0 amide bonds. The van der Waals surface area contributed by atoms with E-state index in [-0.39, 0.29) is 12.8 Å². The Morgan fingerprint density at radius 2 is 1.70 bits per heavy atom. The molecule has 5 rings (SSSR count). The van der Waals surface area contributed by atoms with Gasteiger partial charge in [-0.3, -0.25) is 4.90 Å². The third-order valence-electron chi connectivity index (χ3n) is 7.83. The van der Waals surface area contributed by atoms with Crippen LogP contribution in [0.3, 0.4) is 0 Å². The second kappa shape index (κ2) is 8.68. The van der Waals surface area contributed by atoms with E-state index in [2.05, 4.69) is 76.0 Å². The van der Waals surface area contributed by atoms with Gasteiger partial charge in [-0.2, -0.15) is 0 Å². The largest absolute Gasteiger partial charge is 0.331 e. The van der Waals surface area contributed by atoms with Crippen LogP contribution in [0.5, 0.6) is 0 Å². The van der Waals surface area contributed by atoms with E-state index in [0.717, 1.165) is 29.7 Å². The van der Waals surface area contributed by atoms with Crippen LogP contribution < -0.4 is 0 Å². The van der Waals surface area contributed by atoms with E-state index in [1.54, 1.807) is 0 Å². The zero-order valence-electron chi connectivity index (χ0n) is 19.8. The third kappa shape index (κ3) is 4.48. The second-order valence-corrected chi connectivity index (χ2v) is 9.95. The summed E-state index contributed by atoms with van der Waals surface area (Å²) in [6.45, 7) is 5.31. The summed E-state index contributed by atoms with van der Waals surface area (Å²) in [5.41, 5.74) is 5.87. The number of hydrogen-bond donors (Lipinski definition) is 0. The van der Waals surface area contributed by atoms with Crippen molar-refractivity contribution in [2.75, 3.05) is 13.1 Å². The number of allylic oxidation sites excluding steroid dienone is 1. The molecule has 3 atom stereocenters. The molecule has 0 spiro atoms. The molecule has 2 aliphatic rings. The number of benzene rings is 2. The van der Waals surface area contributed by atoms with Gasteiger partial charge in [-0.25, -0.2) is 13.8 Å². The number of imidazole rings is 1. The van der Waals surface area contributed by atoms with Crippen LogP contribution in [-0.4, -0.2) is 39.5 Å². The Labute approximate surface area is 195 Å². The first kappa shape index (κ1) is 22.3. The Morgan fingerprint density at radius 1 is 1.00 bits per heavy atom. The molecule has 1 aliphatic heterocycles. The molecule has 1 aliphatic carbocycles. The molecule has 5 heteroatoms. The molecule has 3 aromatic rings. The maximum Gasteiger partial charge on any atom is 0.250 e. The molecule has 1 unspecified atom stereocenters. The lowest BCUT2D eigenvalue weighted by Gasteiger charge is -2.38. The molecule has 0 bridgehead atoms. The lowest BCUT2D eigenvalue weighted by Crippen LogP contribution is -2.45. The molecular weight excluding hydrogens is 416 g/mol. The highest BCUT2D eigenvalue weighted by Gasteiger charge is 2.37. The van der Waals surface area contributed by atoms with E-state index in [9.17, 15) is 8.78 Å². The minimum atomic E-state index is -2.49. The van der Waals surface area contributed by atoms with Crippen LogP contribution in [-0.2, 0) is 7.05 Å². The van der Waals surface area contributed by atoms with Gasteiger partial charge in [0.25, 0.3) is 5.92 Å². The number of piperidine rings is 1. The topological polar surface area (TPSA) is 21.1 Å². The number of aryl methyl sites for hydroxylation is 2. The van der Waals surface area contributed by atoms with Gasteiger partial charge in [-0.1, -0.05) is 49.4 Å². The van der Waals surface area contributed by atoms with Crippen LogP contribution in [0.25, 0.3) is 22.2 Å². The Balaban J connectivity index is 1.35. The summed E-state index contributed by atoms with van der Waals surface area (Å²) < 4.78 is 29.5. The molecule has 1 aromatic heterocycles. The average molecular weight is 450 g/mol. The smallest absolute Gasteiger partial charge is 0.250 e. The van der Waals surface area contributed by atoms with Gasteiger partial charge in [0.05, 0.1) is 11.0 Å². The fraction of sp³-hybridized carbons (Fsp3) is 0.464. The molecule has 2 heterocycles. The van der Waals surface area contributed by atoms with Gasteiger partial charge in [0.1, 0.15) is 5.82 Å². The van der Waals surface area contributed by atoms with Crippen molar-refractivity contribution in [2.45, 2.75) is 57.4 Å². The lowest BCUT2D eigenvalue weighted by molar-refractivity contribution is -0.0638. The van der Waals surface area contributed by atoms with Crippen molar-refractivity contribution < 1.29 is 8.78 Å². The highest BCUT2D eigenvalue weighted by atomic mass is 19.3. The normalized spacial score (nSPS) is 25.9. The van der Waals surface area contributed by atoms with Crippen molar-refractivity contribution in [3.05, 3.63) is 66.0 Å². The molecular formula is C28H33F2N3. The van der Waals surface area contributed by atoms with E-state index in [1.807, 2.05) is 14.0 Å². The third-order valence-corrected chi connectivity index (χ3v) is 7.83. The summed E-state index contributed by atoms with van der Waals surface area (Å²) >= 11 is 0. The maximum absolute atomic E-state index is 13.7. The summed E-state index contributed by atoms with van der Waals surface area (Å²) in [6.07, 6.45) is 6.52. The number of nitrogens with zero attached hydrogens (tertiary/aromatic N) is 3. The minimum Gasteiger partial charge on any atom is -0.331 e. The number of fused-ring (bicyclic) bond motifs is 1. The van der Waals surface area contributed by atoms with Crippen molar-refractivity contribution in [1.82, 2.24) is 14.5 Å². The first-order chi connectivity index (χ1) is 15.8. The molecule has 1 fully saturated rings. The SMILES string of the molecule is Cc1nc2cc(-c3ccc(C4C[C@H](N5CCC(F)(F)CC5)CC=C[C@@H]4C)cc3)ccc2n1C. The standard InChI is InChI=1S/C28H33F2N3/c1-19-5-4-6-24(33-15-13-28(29,30)14-16-33)18-25(19)22-9-7-21(8-10-22)23-11-12-27-26(17-23)31-20(2)32(27)3/h4-5,7-12,17,19,24-25H,6,13-16,18H2,1-3H3/t19-,24+,25?/m0/s1. The van der Waals surface area contributed by atoms with Gasteiger partial charge in [-0.05, 0) is 60.4 Å². The van der Waals surface area contributed by atoms with Crippen molar-refractivity contribution in [1.29, 1.82) is 0 Å². The summed E-state index contributed by atoms with van der Waals surface area (Å²) in [5, 5.41) is 0. The Hall–Kier alpha value is -2.53. The van der Waals surface area contributed by atoms with Gasteiger partial charge in [-0.15, -0.1) is 0 Å². The first-order valence-electron chi connectivity index (χ1n) is 12.1. The summed E-state index contributed by atoms with van der Waals surface area (Å²) in [4.78, 5) is 6.97. The quantitative estimate of drug-likeness (QED) is 0.414. The Kier molecular flexibility index (Phi) is 5.86. The molecule has 3 nitrogen and oxygen atoms in total. The maximum atomic E-state index is 13.7. The van der Waals surface area contributed by atoms with Crippen LogP contribution in [0, 0.1) is 12.8 Å². The summed E-state index contributed by atoms with van der Waals surface area (Å²) in [7, 11) is 2.05. The van der Waals surface area contributed by atoms with E-state index in [0.29, 0.717) is 31.0 Å². The van der Waals surface area contributed by atoms with Gasteiger partial charge < -0.3 is 4.57 Å². The van der Waals surface area contributed by atoms with E-state index in [1.165, 1.54) is 16.7 Å². The molecule has 0 N–H and O–H groups in total. The molecule has 0 saturated carbocycles. The van der Waals surface area contributed by atoms with Crippen molar-refractivity contribution in [3.63, 3.8) is 0 Å². The Morgan fingerprint density at radius 3 is 2.42 bits per heavy atom. The van der Waals surface area contributed by atoms with Crippen LogP contribution in [0.4, 0.5) is 8.78 Å². The average Bonchev–Trinajstić information content (AvgIpc) is 2.95. The van der Waals surface area contributed by atoms with E-state index >= 15 is 0 Å². The predicted molar refractivity (Wildman–Crippen MR) is 131 cm³/mol. The van der Waals surface area contributed by atoms with Gasteiger partial charge in [0.15, 0.2) is 0 Å². The highest BCUT2D eigenvalue weighted by Crippen LogP contribution is 2.38. The zero-order valence-corrected chi connectivity index (χ0v) is 19.8. The van der Waals surface area contributed by atoms with Gasteiger partial charge >= 0.3 is 0 Å². The van der Waals surface area contributed by atoms with Crippen LogP contribution >= 0.6 is 0 Å². The molecule has 174 valence electrons. The molecule has 0 radical (unpaired) electrons. The molecule has 2 aromatic carbocycles. The van der Waals surface area contributed by atoms with Crippen molar-refractivity contribution >= 4 is 11.0 Å². The fourth-order valence-corrected chi connectivity index (χ4v) is 5.57. The lowest BCUT2D eigenvalue weighted by atomic mass is 9.82. The van der Waals surface area contributed by atoms with Crippen LogP contribution in [0.1, 0.15) is 49.9 Å². The monoisotopic (exact) mass is 449 g/mol. The number of aromatic nitrogens is 2. The van der Waals surface area contributed by atoms with E-state index < -0.39 is 5.92 Å². The van der Waals surface area contributed by atoms with Crippen LogP contribution in [0.2, 0.25) is 0 Å². The number of hydrogen-bond acceptors (Lipinski definition) is 2. The number of halogens is 2. The molecule has 33 heavy (non-hydrogen) atoms. The predicted octanol–water partition coefficient (Wildman–Crippen LogP) is 6.72. The summed E-state index contributed by atoms with van der Waals surface area (Å²) in [5.74, 6) is -0.651. The van der Waals surface area contributed by atoms with Gasteiger partial charge in [0.2, 0.25) is 0 Å². The summed E-state index contributed by atoms with van der Waals surface area (Å²) in [6, 6.07) is 15.7. The number of rotatable bonds is 3. The zero-order chi connectivity index (χ0) is 23.2. The fourth-order valence-electron chi connectivity index (χ4n) is 5.57. The van der Waals surface area contributed by atoms with Crippen LogP contribution in [0.15, 0.2) is 54.6 Å². The number of likely N-dealkylation sites (tertiary alicyclic amines) is 1. The Bertz CT molecular complexity index is 1150. The number of alkyl halides is 2.